The van der Waals surface area contributed by atoms with E-state index in [4.69, 9.17) is 4.74 Å². The van der Waals surface area contributed by atoms with Gasteiger partial charge in [-0.15, -0.1) is 0 Å². The molecular formula is C12H25NO3. The molecule has 4 nitrogen and oxygen atoms in total. The highest BCUT2D eigenvalue weighted by Gasteiger charge is 2.27. The van der Waals surface area contributed by atoms with Crippen molar-refractivity contribution in [1.82, 2.24) is 5.32 Å². The lowest BCUT2D eigenvalue weighted by molar-refractivity contribution is -0.144. The highest BCUT2D eigenvalue weighted by molar-refractivity contribution is 5.75. The zero-order valence-electron chi connectivity index (χ0n) is 11.0. The summed E-state index contributed by atoms with van der Waals surface area (Å²) in [7, 11) is 1.39. The number of hydrogen-bond donors (Lipinski definition) is 2. The first-order chi connectivity index (χ1) is 7.40. The molecule has 4 heteroatoms. The van der Waals surface area contributed by atoms with E-state index >= 15 is 0 Å². The fraction of sp³-hybridized carbons (Fsp3) is 0.917. The van der Waals surface area contributed by atoms with Gasteiger partial charge in [0.15, 0.2) is 0 Å². The van der Waals surface area contributed by atoms with Crippen LogP contribution in [0.4, 0.5) is 0 Å². The number of hydrogen-bond acceptors (Lipinski definition) is 4. The summed E-state index contributed by atoms with van der Waals surface area (Å²) in [5.41, 5.74) is -0.179. The van der Waals surface area contributed by atoms with Crippen molar-refractivity contribution in [2.45, 2.75) is 40.2 Å². The molecule has 0 aliphatic rings. The van der Waals surface area contributed by atoms with Crippen molar-refractivity contribution in [2.75, 3.05) is 20.3 Å². The summed E-state index contributed by atoms with van der Waals surface area (Å²) < 4.78 is 4.74. The third kappa shape index (κ3) is 4.49. The van der Waals surface area contributed by atoms with E-state index in [2.05, 4.69) is 5.32 Å². The lowest BCUT2D eigenvalue weighted by Crippen LogP contribution is -2.47. The first-order valence-corrected chi connectivity index (χ1v) is 5.82. The minimum absolute atomic E-state index is 0.114. The summed E-state index contributed by atoms with van der Waals surface area (Å²) in [5.74, 6) is -0.0707. The molecule has 0 saturated heterocycles. The molecule has 0 aromatic carbocycles. The van der Waals surface area contributed by atoms with Crippen LogP contribution >= 0.6 is 0 Å². The molecule has 0 aromatic rings. The van der Waals surface area contributed by atoms with Crippen LogP contribution in [0, 0.1) is 11.3 Å². The van der Waals surface area contributed by atoms with Crippen LogP contribution in [0.5, 0.6) is 0 Å². The fourth-order valence-corrected chi connectivity index (χ4v) is 1.37. The summed E-state index contributed by atoms with van der Waals surface area (Å²) >= 11 is 0. The SMILES string of the molecule is CCC(C)(CO)CN[C@H](C(=O)OC)C(C)C. The van der Waals surface area contributed by atoms with E-state index in [9.17, 15) is 9.90 Å². The van der Waals surface area contributed by atoms with Crippen molar-refractivity contribution in [3.8, 4) is 0 Å². The molecule has 0 heterocycles. The number of nitrogens with one attached hydrogen (secondary N) is 1. The van der Waals surface area contributed by atoms with Crippen molar-refractivity contribution in [3.63, 3.8) is 0 Å². The van der Waals surface area contributed by atoms with Crippen molar-refractivity contribution in [1.29, 1.82) is 0 Å². The molecule has 0 radical (unpaired) electrons. The van der Waals surface area contributed by atoms with Gasteiger partial charge < -0.3 is 15.2 Å². The molecule has 0 aliphatic carbocycles. The maximum atomic E-state index is 11.5. The summed E-state index contributed by atoms with van der Waals surface area (Å²) in [6.45, 7) is 8.68. The highest BCUT2D eigenvalue weighted by atomic mass is 16.5. The molecule has 0 saturated carbocycles. The van der Waals surface area contributed by atoms with E-state index in [1.165, 1.54) is 7.11 Å². The third-order valence-electron chi connectivity index (χ3n) is 3.11. The molecule has 0 spiro atoms. The summed E-state index contributed by atoms with van der Waals surface area (Å²) in [6.07, 6.45) is 0.864. The first-order valence-electron chi connectivity index (χ1n) is 5.82. The van der Waals surface area contributed by atoms with E-state index in [1.807, 2.05) is 27.7 Å². The normalized spacial score (nSPS) is 16.9. The van der Waals surface area contributed by atoms with Crippen LogP contribution in [-0.4, -0.2) is 37.4 Å². The van der Waals surface area contributed by atoms with Crippen molar-refractivity contribution in [3.05, 3.63) is 0 Å². The average molecular weight is 231 g/mol. The smallest absolute Gasteiger partial charge is 0.323 e. The van der Waals surface area contributed by atoms with E-state index in [0.717, 1.165) is 6.42 Å². The fourth-order valence-electron chi connectivity index (χ4n) is 1.37. The van der Waals surface area contributed by atoms with Gasteiger partial charge >= 0.3 is 5.97 Å². The Morgan fingerprint density at radius 3 is 2.38 bits per heavy atom. The van der Waals surface area contributed by atoms with Gasteiger partial charge in [-0.3, -0.25) is 4.79 Å². The maximum Gasteiger partial charge on any atom is 0.323 e. The molecule has 0 aromatic heterocycles. The van der Waals surface area contributed by atoms with Gasteiger partial charge in [0.25, 0.3) is 0 Å². The molecule has 0 rings (SSSR count). The monoisotopic (exact) mass is 231 g/mol. The topological polar surface area (TPSA) is 58.6 Å². The van der Waals surface area contributed by atoms with Crippen molar-refractivity contribution >= 4 is 5.97 Å². The van der Waals surface area contributed by atoms with Crippen LogP contribution in [0.15, 0.2) is 0 Å². The van der Waals surface area contributed by atoms with Crippen LogP contribution in [0.1, 0.15) is 34.1 Å². The molecule has 96 valence electrons. The quantitative estimate of drug-likeness (QED) is 0.646. The second kappa shape index (κ2) is 6.86. The van der Waals surface area contributed by atoms with Gasteiger partial charge in [0.2, 0.25) is 0 Å². The Balaban J connectivity index is 4.37. The second-order valence-electron chi connectivity index (χ2n) is 4.95. The van der Waals surface area contributed by atoms with Gasteiger partial charge in [0.05, 0.1) is 7.11 Å². The van der Waals surface area contributed by atoms with Crippen molar-refractivity contribution in [2.24, 2.45) is 11.3 Å². The molecule has 2 N–H and O–H groups in total. The molecular weight excluding hydrogens is 206 g/mol. The minimum atomic E-state index is -0.303. The van der Waals surface area contributed by atoms with Crippen molar-refractivity contribution < 1.29 is 14.6 Å². The lowest BCUT2D eigenvalue weighted by atomic mass is 9.88. The number of carbonyl (C=O) groups is 1. The van der Waals surface area contributed by atoms with Crippen LogP contribution in [-0.2, 0) is 9.53 Å². The molecule has 0 aliphatic heterocycles. The van der Waals surface area contributed by atoms with Gasteiger partial charge in [-0.2, -0.15) is 0 Å². The largest absolute Gasteiger partial charge is 0.468 e. The van der Waals surface area contributed by atoms with Gasteiger partial charge in [-0.05, 0) is 12.3 Å². The molecule has 0 fully saturated rings. The molecule has 0 bridgehead atoms. The van der Waals surface area contributed by atoms with Gasteiger partial charge in [0.1, 0.15) is 6.04 Å². The van der Waals surface area contributed by atoms with Crippen LogP contribution in [0.3, 0.4) is 0 Å². The summed E-state index contributed by atoms with van der Waals surface area (Å²) in [4.78, 5) is 11.5. The Morgan fingerprint density at radius 2 is 2.06 bits per heavy atom. The van der Waals surface area contributed by atoms with Gasteiger partial charge in [-0.1, -0.05) is 27.7 Å². The summed E-state index contributed by atoms with van der Waals surface area (Å²) in [6, 6.07) is -0.303. The number of aliphatic hydroxyl groups excluding tert-OH is 1. The lowest BCUT2D eigenvalue weighted by Gasteiger charge is -2.29. The zero-order valence-corrected chi connectivity index (χ0v) is 11.0. The Labute approximate surface area is 98.4 Å². The Morgan fingerprint density at radius 1 is 1.50 bits per heavy atom. The predicted molar refractivity (Wildman–Crippen MR) is 64.1 cm³/mol. The standard InChI is InChI=1S/C12H25NO3/c1-6-12(4,8-14)7-13-10(9(2)3)11(15)16-5/h9-10,13-14H,6-8H2,1-5H3/t10-,12?/m0/s1. The van der Waals surface area contributed by atoms with E-state index in [0.29, 0.717) is 6.54 Å². The Kier molecular flexibility index (Phi) is 6.60. The molecule has 0 amide bonds. The molecule has 2 atom stereocenters. The van der Waals surface area contributed by atoms with Gasteiger partial charge in [0, 0.05) is 18.6 Å². The minimum Gasteiger partial charge on any atom is -0.468 e. The van der Waals surface area contributed by atoms with E-state index in [-0.39, 0.29) is 30.0 Å². The number of methoxy groups -OCH3 is 1. The van der Waals surface area contributed by atoms with Crippen LogP contribution in [0.25, 0.3) is 0 Å². The van der Waals surface area contributed by atoms with E-state index in [1.54, 1.807) is 0 Å². The number of aliphatic hydroxyl groups is 1. The second-order valence-corrected chi connectivity index (χ2v) is 4.95. The van der Waals surface area contributed by atoms with Crippen LogP contribution in [0.2, 0.25) is 0 Å². The first kappa shape index (κ1) is 15.4. The number of carbonyl (C=O) groups excluding carboxylic acids is 1. The van der Waals surface area contributed by atoms with E-state index < -0.39 is 0 Å². The Bertz CT molecular complexity index is 212. The predicted octanol–water partition coefficient (Wildman–Crippen LogP) is 1.18. The third-order valence-corrected chi connectivity index (χ3v) is 3.11. The molecule has 16 heavy (non-hydrogen) atoms. The highest BCUT2D eigenvalue weighted by Crippen LogP contribution is 2.19. The maximum absolute atomic E-state index is 11.5. The Hall–Kier alpha value is -0.610. The van der Waals surface area contributed by atoms with Gasteiger partial charge in [-0.25, -0.2) is 0 Å². The molecule has 1 unspecified atom stereocenters. The van der Waals surface area contributed by atoms with Crippen LogP contribution < -0.4 is 5.32 Å². The average Bonchev–Trinajstić information content (AvgIpc) is 2.28. The number of esters is 1. The number of rotatable bonds is 7. The zero-order chi connectivity index (χ0) is 12.8. The number of ether oxygens (including phenoxy) is 1. The summed E-state index contributed by atoms with van der Waals surface area (Å²) in [5, 5.41) is 12.5.